The number of hydrogen-bond donors (Lipinski definition) is 2. The van der Waals surface area contributed by atoms with Crippen molar-refractivity contribution in [2.45, 2.75) is 37.6 Å². The van der Waals surface area contributed by atoms with Gasteiger partial charge in [-0.25, -0.2) is 9.67 Å². The summed E-state index contributed by atoms with van der Waals surface area (Å²) < 4.78 is 1.86. The van der Waals surface area contributed by atoms with E-state index in [-0.39, 0.29) is 17.0 Å². The van der Waals surface area contributed by atoms with Crippen LogP contribution in [0.15, 0.2) is 60.7 Å². The molecule has 7 heteroatoms. The van der Waals surface area contributed by atoms with E-state index < -0.39 is 5.91 Å². The van der Waals surface area contributed by atoms with Gasteiger partial charge in [-0.05, 0) is 25.0 Å². The molecule has 1 fully saturated rings. The summed E-state index contributed by atoms with van der Waals surface area (Å²) in [6, 6.07) is 19.9. The molecule has 0 bridgehead atoms. The highest BCUT2D eigenvalue weighted by Gasteiger charge is 2.45. The number of pyridine rings is 1. The first-order chi connectivity index (χ1) is 16.0. The highest BCUT2D eigenvalue weighted by atomic mass is 16.2. The summed E-state index contributed by atoms with van der Waals surface area (Å²) in [6.07, 6.45) is 4.18. The van der Waals surface area contributed by atoms with Crippen molar-refractivity contribution in [3.8, 4) is 22.5 Å². The van der Waals surface area contributed by atoms with Crippen molar-refractivity contribution in [3.63, 3.8) is 0 Å². The van der Waals surface area contributed by atoms with E-state index in [1.165, 1.54) is 0 Å². The molecular formula is C26H23N5O2. The molecule has 6 rings (SSSR count). The third-order valence-corrected chi connectivity index (χ3v) is 6.90. The highest BCUT2D eigenvalue weighted by Crippen LogP contribution is 2.46. The second kappa shape index (κ2) is 7.27. The van der Waals surface area contributed by atoms with Crippen LogP contribution in [0.25, 0.3) is 33.4 Å². The van der Waals surface area contributed by atoms with Crippen molar-refractivity contribution in [1.82, 2.24) is 14.8 Å². The van der Waals surface area contributed by atoms with Gasteiger partial charge in [0.15, 0.2) is 0 Å². The Morgan fingerprint density at radius 3 is 2.52 bits per heavy atom. The fraction of sp³-hybridized carbons (Fsp3) is 0.231. The second-order valence-electron chi connectivity index (χ2n) is 8.97. The maximum atomic E-state index is 12.5. The van der Waals surface area contributed by atoms with Crippen LogP contribution in [0.4, 0.5) is 5.82 Å². The lowest BCUT2D eigenvalue weighted by atomic mass is 9.91. The van der Waals surface area contributed by atoms with Crippen LogP contribution in [-0.2, 0) is 10.3 Å². The van der Waals surface area contributed by atoms with Gasteiger partial charge in [-0.3, -0.25) is 9.59 Å². The zero-order valence-corrected chi connectivity index (χ0v) is 18.0. The number of rotatable bonds is 3. The van der Waals surface area contributed by atoms with Crippen molar-refractivity contribution < 1.29 is 9.59 Å². The SMILES string of the molecule is NC(=O)c1c(-c2ccc3ccc(-c4ccccc4)nc3c2)nn2c1NC(=O)CC21CCCC1. The summed E-state index contributed by atoms with van der Waals surface area (Å²) >= 11 is 0. The average molecular weight is 438 g/mol. The molecule has 0 saturated heterocycles. The van der Waals surface area contributed by atoms with Crippen molar-refractivity contribution in [2.24, 2.45) is 5.73 Å². The zero-order valence-electron chi connectivity index (χ0n) is 18.0. The number of nitrogens with one attached hydrogen (secondary N) is 1. The molecule has 1 aliphatic heterocycles. The van der Waals surface area contributed by atoms with E-state index in [1.54, 1.807) is 0 Å². The van der Waals surface area contributed by atoms with Gasteiger partial charge in [-0.1, -0.05) is 61.4 Å². The Hall–Kier alpha value is -4.00. The Kier molecular flexibility index (Phi) is 4.33. The number of nitrogens with two attached hydrogens (primary N) is 1. The van der Waals surface area contributed by atoms with Crippen LogP contribution < -0.4 is 11.1 Å². The molecule has 1 spiro atoms. The summed E-state index contributed by atoms with van der Waals surface area (Å²) in [4.78, 5) is 29.9. The maximum Gasteiger partial charge on any atom is 0.254 e. The van der Waals surface area contributed by atoms with Crippen LogP contribution in [0.3, 0.4) is 0 Å². The number of carbonyl (C=O) groups is 2. The van der Waals surface area contributed by atoms with Crippen molar-refractivity contribution in [3.05, 3.63) is 66.2 Å². The molecule has 0 atom stereocenters. The predicted octanol–water partition coefficient (Wildman–Crippen LogP) is 4.48. The molecule has 0 radical (unpaired) electrons. The molecule has 2 aromatic carbocycles. The lowest BCUT2D eigenvalue weighted by molar-refractivity contribution is -0.119. The zero-order chi connectivity index (χ0) is 22.6. The minimum absolute atomic E-state index is 0.0916. The van der Waals surface area contributed by atoms with Crippen LogP contribution in [0.2, 0.25) is 0 Å². The minimum atomic E-state index is -0.604. The first kappa shape index (κ1) is 19.7. The number of primary amides is 1. The number of amides is 2. The lowest BCUT2D eigenvalue weighted by Crippen LogP contribution is -2.42. The molecule has 3 heterocycles. The molecule has 3 N–H and O–H groups in total. The fourth-order valence-electron chi connectivity index (χ4n) is 5.32. The Morgan fingerprint density at radius 2 is 1.76 bits per heavy atom. The van der Waals surface area contributed by atoms with Crippen LogP contribution in [0.1, 0.15) is 42.5 Å². The number of nitrogens with zero attached hydrogens (tertiary/aromatic N) is 3. The van der Waals surface area contributed by atoms with Gasteiger partial charge >= 0.3 is 0 Å². The molecule has 1 saturated carbocycles. The molecule has 33 heavy (non-hydrogen) atoms. The van der Waals surface area contributed by atoms with Crippen LogP contribution in [0.5, 0.6) is 0 Å². The number of anilines is 1. The van der Waals surface area contributed by atoms with Crippen LogP contribution >= 0.6 is 0 Å². The Labute approximate surface area is 190 Å². The van der Waals surface area contributed by atoms with Gasteiger partial charge in [0.2, 0.25) is 5.91 Å². The molecule has 0 unspecified atom stereocenters. The van der Waals surface area contributed by atoms with Crippen molar-refractivity contribution >= 4 is 28.5 Å². The third kappa shape index (κ3) is 3.11. The molecule has 2 aliphatic rings. The Balaban J connectivity index is 1.52. The van der Waals surface area contributed by atoms with E-state index in [1.807, 2.05) is 65.3 Å². The number of fused-ring (bicyclic) bond motifs is 3. The minimum Gasteiger partial charge on any atom is -0.365 e. The summed E-state index contributed by atoms with van der Waals surface area (Å²) in [6.45, 7) is 0. The van der Waals surface area contributed by atoms with Gasteiger partial charge in [0, 0.05) is 16.5 Å². The predicted molar refractivity (Wildman–Crippen MR) is 127 cm³/mol. The van der Waals surface area contributed by atoms with Gasteiger partial charge in [0.25, 0.3) is 5.91 Å². The van der Waals surface area contributed by atoms with E-state index in [9.17, 15) is 9.59 Å². The van der Waals surface area contributed by atoms with E-state index in [0.717, 1.165) is 53.4 Å². The monoisotopic (exact) mass is 437 g/mol. The van der Waals surface area contributed by atoms with Gasteiger partial charge in [-0.15, -0.1) is 0 Å². The van der Waals surface area contributed by atoms with Crippen LogP contribution in [-0.4, -0.2) is 26.6 Å². The van der Waals surface area contributed by atoms with E-state index in [0.29, 0.717) is 17.9 Å². The number of hydrogen-bond acceptors (Lipinski definition) is 4. The van der Waals surface area contributed by atoms with E-state index in [2.05, 4.69) is 5.32 Å². The quantitative estimate of drug-likeness (QED) is 0.493. The van der Waals surface area contributed by atoms with Crippen LogP contribution in [0, 0.1) is 0 Å². The Morgan fingerprint density at radius 1 is 1.00 bits per heavy atom. The molecule has 164 valence electrons. The van der Waals surface area contributed by atoms with E-state index >= 15 is 0 Å². The van der Waals surface area contributed by atoms with Crippen molar-refractivity contribution in [1.29, 1.82) is 0 Å². The lowest BCUT2D eigenvalue weighted by Gasteiger charge is -2.34. The number of carbonyl (C=O) groups excluding carboxylic acids is 2. The molecule has 2 aromatic heterocycles. The molecule has 2 amide bonds. The Bertz CT molecular complexity index is 1420. The van der Waals surface area contributed by atoms with E-state index in [4.69, 9.17) is 15.8 Å². The molecule has 7 nitrogen and oxygen atoms in total. The van der Waals surface area contributed by atoms with Gasteiger partial charge < -0.3 is 11.1 Å². The molecule has 1 aliphatic carbocycles. The normalized spacial score (nSPS) is 16.7. The van der Waals surface area contributed by atoms with Crippen molar-refractivity contribution in [2.75, 3.05) is 5.32 Å². The second-order valence-corrected chi connectivity index (χ2v) is 8.97. The standard InChI is InChI=1S/C26H23N5O2/c27-24(33)22-23(30-31-25(22)29-21(32)15-26(31)12-4-5-13-26)18-9-8-17-10-11-19(28-20(17)14-18)16-6-2-1-3-7-16/h1-3,6-11,14H,4-5,12-13,15H2,(H2,27,33)(H,29,32). The molecule has 4 aromatic rings. The largest absolute Gasteiger partial charge is 0.365 e. The summed E-state index contributed by atoms with van der Waals surface area (Å²) in [5.41, 5.74) is 9.62. The van der Waals surface area contributed by atoms with Gasteiger partial charge in [0.1, 0.15) is 17.1 Å². The van der Waals surface area contributed by atoms with Gasteiger partial charge in [-0.2, -0.15) is 5.10 Å². The number of benzene rings is 2. The first-order valence-corrected chi connectivity index (χ1v) is 11.2. The molecular weight excluding hydrogens is 414 g/mol. The highest BCUT2D eigenvalue weighted by molar-refractivity contribution is 6.08. The smallest absolute Gasteiger partial charge is 0.254 e. The maximum absolute atomic E-state index is 12.5. The third-order valence-electron chi connectivity index (χ3n) is 6.90. The summed E-state index contributed by atoms with van der Waals surface area (Å²) in [5, 5.41) is 8.73. The fourth-order valence-corrected chi connectivity index (χ4v) is 5.32. The van der Waals surface area contributed by atoms with Gasteiger partial charge in [0.05, 0.1) is 23.2 Å². The average Bonchev–Trinajstić information content (AvgIpc) is 3.44. The summed E-state index contributed by atoms with van der Waals surface area (Å²) in [7, 11) is 0. The topological polar surface area (TPSA) is 103 Å². The number of aromatic nitrogens is 3. The summed E-state index contributed by atoms with van der Waals surface area (Å²) in [5.74, 6) is -0.277. The first-order valence-electron chi connectivity index (χ1n) is 11.2.